The minimum atomic E-state index is -1.28. The number of anilines is 1. The van der Waals surface area contributed by atoms with E-state index >= 15 is 0 Å². The van der Waals surface area contributed by atoms with Crippen molar-refractivity contribution in [2.24, 2.45) is 0 Å². The summed E-state index contributed by atoms with van der Waals surface area (Å²) in [7, 11) is 3.86. The number of ether oxygens (including phenoxy) is 2. The Morgan fingerprint density at radius 1 is 1.33 bits per heavy atom. The predicted octanol–water partition coefficient (Wildman–Crippen LogP) is 1.61. The Morgan fingerprint density at radius 2 is 1.94 bits per heavy atom. The molecule has 0 saturated heterocycles. The average molecular weight is 314 g/mol. The first kappa shape index (κ1) is 12.9. The molecule has 5 nitrogen and oxygen atoms in total. The first-order valence-corrected chi connectivity index (χ1v) is 6.02. The van der Waals surface area contributed by atoms with Gasteiger partial charge in [0.2, 0.25) is 12.0 Å². The molecule has 0 saturated carbocycles. The molecule has 1 aliphatic heterocycles. The second kappa shape index (κ2) is 4.99. The van der Waals surface area contributed by atoms with Gasteiger partial charge in [-0.15, -0.1) is 0 Å². The predicted molar refractivity (Wildman–Crippen MR) is 69.4 cm³/mol. The third-order valence-electron chi connectivity index (χ3n) is 2.41. The maximum Gasteiger partial charge on any atom is 0.377 e. The average Bonchev–Trinajstić information content (AvgIpc) is 2.57. The van der Waals surface area contributed by atoms with E-state index < -0.39 is 12.3 Å². The van der Waals surface area contributed by atoms with Crippen molar-refractivity contribution in [1.82, 2.24) is 0 Å². The molecule has 1 unspecified atom stereocenters. The first-order valence-electron chi connectivity index (χ1n) is 5.23. The summed E-state index contributed by atoms with van der Waals surface area (Å²) in [5.41, 5.74) is 1.02. The highest BCUT2D eigenvalue weighted by atomic mass is 79.9. The molecule has 0 amide bonds. The summed E-state index contributed by atoms with van der Waals surface area (Å²) in [4.78, 5) is 13.3. The Balaban J connectivity index is 2.17. The molecule has 96 valence electrons. The lowest BCUT2D eigenvalue weighted by Gasteiger charge is -2.12. The highest BCUT2D eigenvalue weighted by molar-refractivity contribution is 9.11. The molecule has 1 aromatic rings. The fourth-order valence-electron chi connectivity index (χ4n) is 1.44. The summed E-state index contributed by atoms with van der Waals surface area (Å²) < 4.78 is 10.2. The fourth-order valence-corrected chi connectivity index (χ4v) is 1.77. The number of hydrogen-bond donors (Lipinski definition) is 1. The Kier molecular flexibility index (Phi) is 3.58. The molecule has 1 N–H and O–H groups in total. The molecule has 1 aliphatic rings. The largest absolute Gasteiger partial charge is 0.449 e. The zero-order chi connectivity index (χ0) is 13.3. The molecule has 0 fully saturated rings. The molecule has 1 atom stereocenters. The van der Waals surface area contributed by atoms with E-state index in [2.05, 4.69) is 20.7 Å². The quantitative estimate of drug-likeness (QED) is 0.859. The zero-order valence-corrected chi connectivity index (χ0v) is 11.5. The third-order valence-corrected chi connectivity index (χ3v) is 3.16. The fraction of sp³-hybridized carbons (Fsp3) is 0.250. The second-order valence-corrected chi connectivity index (χ2v) is 4.78. The molecule has 6 heteroatoms. The van der Waals surface area contributed by atoms with Gasteiger partial charge in [0, 0.05) is 19.8 Å². The van der Waals surface area contributed by atoms with E-state index in [1.165, 1.54) is 0 Å². The number of benzene rings is 1. The molecule has 0 aliphatic carbocycles. The van der Waals surface area contributed by atoms with Crippen molar-refractivity contribution in [1.29, 1.82) is 0 Å². The van der Waals surface area contributed by atoms with Crippen molar-refractivity contribution in [3.63, 3.8) is 0 Å². The number of carbonyl (C=O) groups is 1. The van der Waals surface area contributed by atoms with Crippen LogP contribution in [0, 0.1) is 0 Å². The van der Waals surface area contributed by atoms with E-state index in [-0.39, 0.29) is 10.2 Å². The molecular formula is C12H12BrNO4. The van der Waals surface area contributed by atoms with Crippen molar-refractivity contribution in [2.45, 2.75) is 6.29 Å². The van der Waals surface area contributed by atoms with Gasteiger partial charge in [-0.05, 0) is 40.2 Å². The Hall–Kier alpha value is -1.53. The maximum atomic E-state index is 11.4. The van der Waals surface area contributed by atoms with E-state index in [0.717, 1.165) is 5.69 Å². The lowest BCUT2D eigenvalue weighted by molar-refractivity contribution is -0.153. The summed E-state index contributed by atoms with van der Waals surface area (Å²) in [6.07, 6.45) is -1.28. The van der Waals surface area contributed by atoms with Gasteiger partial charge in [0.15, 0.2) is 0 Å². The smallest absolute Gasteiger partial charge is 0.377 e. The molecule has 0 radical (unpaired) electrons. The molecule has 1 aromatic carbocycles. The van der Waals surface area contributed by atoms with Crippen LogP contribution in [0.4, 0.5) is 5.69 Å². The van der Waals surface area contributed by atoms with Gasteiger partial charge in [0.25, 0.3) is 0 Å². The molecular weight excluding hydrogens is 302 g/mol. The maximum absolute atomic E-state index is 11.4. The van der Waals surface area contributed by atoms with E-state index in [1.807, 2.05) is 31.1 Å². The minimum Gasteiger partial charge on any atom is -0.449 e. The molecule has 2 rings (SSSR count). The van der Waals surface area contributed by atoms with Crippen molar-refractivity contribution in [3.8, 4) is 5.75 Å². The topological polar surface area (TPSA) is 59.0 Å². The van der Waals surface area contributed by atoms with Crippen LogP contribution in [-0.2, 0) is 9.53 Å². The van der Waals surface area contributed by atoms with E-state index in [1.54, 1.807) is 12.1 Å². The zero-order valence-electron chi connectivity index (χ0n) is 9.88. The number of nitrogens with zero attached hydrogens (tertiary/aromatic N) is 1. The monoisotopic (exact) mass is 313 g/mol. The molecule has 0 bridgehead atoms. The van der Waals surface area contributed by atoms with Crippen molar-refractivity contribution >= 4 is 27.6 Å². The Morgan fingerprint density at radius 3 is 2.39 bits per heavy atom. The number of aliphatic hydroxyl groups is 1. The number of esters is 1. The van der Waals surface area contributed by atoms with Gasteiger partial charge in [-0.25, -0.2) is 4.79 Å². The molecule has 1 heterocycles. The van der Waals surface area contributed by atoms with E-state index in [9.17, 15) is 9.90 Å². The van der Waals surface area contributed by atoms with Gasteiger partial charge in [0.05, 0.1) is 0 Å². The van der Waals surface area contributed by atoms with Crippen molar-refractivity contribution < 1.29 is 19.4 Å². The molecule has 0 spiro atoms. The number of hydrogen-bond acceptors (Lipinski definition) is 5. The normalized spacial score (nSPS) is 18.9. The van der Waals surface area contributed by atoms with Crippen LogP contribution in [0.25, 0.3) is 0 Å². The number of carbonyl (C=O) groups excluding carboxylic acids is 1. The Labute approximate surface area is 113 Å². The summed E-state index contributed by atoms with van der Waals surface area (Å²) >= 11 is 3.06. The third kappa shape index (κ3) is 2.49. The van der Waals surface area contributed by atoms with Gasteiger partial charge in [0.1, 0.15) is 10.2 Å². The standard InChI is InChI=1S/C12H12BrNO4/c1-14(2)7-3-5-8(6-4-7)17-10-9(13)11(15)18-12(10)16/h3-6,11,15H,1-2H3. The van der Waals surface area contributed by atoms with Crippen LogP contribution in [0.1, 0.15) is 0 Å². The summed E-state index contributed by atoms with van der Waals surface area (Å²) in [5.74, 6) is -0.218. The van der Waals surface area contributed by atoms with Gasteiger partial charge in [-0.3, -0.25) is 0 Å². The van der Waals surface area contributed by atoms with Crippen LogP contribution in [-0.4, -0.2) is 31.5 Å². The van der Waals surface area contributed by atoms with Crippen LogP contribution < -0.4 is 9.64 Å². The minimum absolute atomic E-state index is 0.0277. The Bertz CT molecular complexity index is 495. The molecule has 0 aromatic heterocycles. The lowest BCUT2D eigenvalue weighted by Crippen LogP contribution is -2.09. The van der Waals surface area contributed by atoms with Crippen LogP contribution in [0.15, 0.2) is 34.5 Å². The van der Waals surface area contributed by atoms with Crippen molar-refractivity contribution in [2.75, 3.05) is 19.0 Å². The number of halogens is 1. The SMILES string of the molecule is CN(C)c1ccc(OC2=C(Br)C(O)OC2=O)cc1. The second-order valence-electron chi connectivity index (χ2n) is 3.93. The number of cyclic esters (lactones) is 1. The van der Waals surface area contributed by atoms with Crippen LogP contribution in [0.2, 0.25) is 0 Å². The number of rotatable bonds is 3. The van der Waals surface area contributed by atoms with Crippen LogP contribution >= 0.6 is 15.9 Å². The van der Waals surface area contributed by atoms with Crippen molar-refractivity contribution in [3.05, 3.63) is 34.5 Å². The van der Waals surface area contributed by atoms with Crippen LogP contribution in [0.3, 0.4) is 0 Å². The number of aliphatic hydroxyl groups excluding tert-OH is 1. The van der Waals surface area contributed by atoms with Gasteiger partial charge >= 0.3 is 5.97 Å². The van der Waals surface area contributed by atoms with Gasteiger partial charge in [-0.2, -0.15) is 0 Å². The molecule has 18 heavy (non-hydrogen) atoms. The summed E-state index contributed by atoms with van der Waals surface area (Å²) in [6, 6.07) is 7.20. The summed E-state index contributed by atoms with van der Waals surface area (Å²) in [5, 5.41) is 9.30. The highest BCUT2D eigenvalue weighted by Gasteiger charge is 2.33. The van der Waals surface area contributed by atoms with Crippen LogP contribution in [0.5, 0.6) is 5.75 Å². The summed E-state index contributed by atoms with van der Waals surface area (Å²) in [6.45, 7) is 0. The van der Waals surface area contributed by atoms with Gasteiger partial charge in [-0.1, -0.05) is 0 Å². The highest BCUT2D eigenvalue weighted by Crippen LogP contribution is 2.29. The lowest BCUT2D eigenvalue weighted by atomic mass is 10.3. The first-order chi connectivity index (χ1) is 8.49. The van der Waals surface area contributed by atoms with E-state index in [4.69, 9.17) is 4.74 Å². The van der Waals surface area contributed by atoms with Gasteiger partial charge < -0.3 is 19.5 Å². The van der Waals surface area contributed by atoms with E-state index in [0.29, 0.717) is 5.75 Å².